The lowest BCUT2D eigenvalue weighted by atomic mass is 10.0. The van der Waals surface area contributed by atoms with E-state index >= 15 is 0 Å². The van der Waals surface area contributed by atoms with Crippen LogP contribution < -0.4 is 5.69 Å². The van der Waals surface area contributed by atoms with Crippen LogP contribution in [0.5, 0.6) is 0 Å². The molecule has 72 valence electrons. The molecule has 14 heavy (non-hydrogen) atoms. The zero-order valence-electron chi connectivity index (χ0n) is 8.09. The zero-order chi connectivity index (χ0) is 10.1. The highest BCUT2D eigenvalue weighted by Crippen LogP contribution is 2.20. The van der Waals surface area contributed by atoms with E-state index in [-0.39, 0.29) is 5.69 Å². The van der Waals surface area contributed by atoms with E-state index in [4.69, 9.17) is 0 Å². The largest absolute Gasteiger partial charge is 0.340 e. The lowest BCUT2D eigenvalue weighted by molar-refractivity contribution is 1.05. The highest BCUT2D eigenvalue weighted by Gasteiger charge is 2.06. The maximum absolute atomic E-state index is 10.9. The van der Waals surface area contributed by atoms with Crippen molar-refractivity contribution < 1.29 is 0 Å². The average molecular weight is 189 g/mol. The smallest absolute Gasteiger partial charge is 0.289 e. The molecular weight excluding hydrogens is 178 g/mol. The molecule has 2 N–H and O–H groups in total. The van der Waals surface area contributed by atoms with Crippen LogP contribution in [-0.4, -0.2) is 15.2 Å². The predicted molar refractivity (Wildman–Crippen MR) is 54.1 cm³/mol. The van der Waals surface area contributed by atoms with Gasteiger partial charge in [0.25, 0.3) is 0 Å². The third-order valence-electron chi connectivity index (χ3n) is 2.36. The molecule has 1 aromatic heterocycles. The van der Waals surface area contributed by atoms with E-state index in [2.05, 4.69) is 15.2 Å². The van der Waals surface area contributed by atoms with Crippen molar-refractivity contribution in [3.8, 4) is 11.4 Å². The molecule has 2 rings (SSSR count). The number of H-pyrrole nitrogens is 2. The molecule has 0 radical (unpaired) electrons. The number of aromatic nitrogens is 3. The normalized spacial score (nSPS) is 10.4. The summed E-state index contributed by atoms with van der Waals surface area (Å²) in [5.74, 6) is 0.594. The first-order chi connectivity index (χ1) is 6.68. The van der Waals surface area contributed by atoms with Crippen LogP contribution in [0.2, 0.25) is 0 Å². The first kappa shape index (κ1) is 8.74. The number of nitrogens with one attached hydrogen (secondary N) is 2. The Morgan fingerprint density at radius 2 is 2.07 bits per heavy atom. The number of hydrogen-bond donors (Lipinski definition) is 2. The summed E-state index contributed by atoms with van der Waals surface area (Å²) in [6, 6.07) is 5.92. The molecule has 0 aliphatic heterocycles. The van der Waals surface area contributed by atoms with E-state index in [0.29, 0.717) is 5.82 Å². The van der Waals surface area contributed by atoms with Crippen molar-refractivity contribution in [3.05, 3.63) is 39.8 Å². The van der Waals surface area contributed by atoms with Crippen molar-refractivity contribution in [2.45, 2.75) is 13.8 Å². The predicted octanol–water partition coefficient (Wildman–Crippen LogP) is 1.38. The van der Waals surface area contributed by atoms with Gasteiger partial charge in [-0.2, -0.15) is 5.10 Å². The molecule has 0 spiro atoms. The molecule has 2 aromatic rings. The molecule has 0 atom stereocenters. The molecule has 1 heterocycles. The third-order valence-corrected chi connectivity index (χ3v) is 2.36. The molecule has 0 unspecified atom stereocenters. The van der Waals surface area contributed by atoms with Crippen LogP contribution >= 0.6 is 0 Å². The number of aryl methyl sites for hydroxylation is 1. The summed E-state index contributed by atoms with van der Waals surface area (Å²) in [4.78, 5) is 13.5. The van der Waals surface area contributed by atoms with Gasteiger partial charge in [0.1, 0.15) is 0 Å². The van der Waals surface area contributed by atoms with Gasteiger partial charge in [0, 0.05) is 5.56 Å². The van der Waals surface area contributed by atoms with Crippen LogP contribution in [0.1, 0.15) is 11.1 Å². The fourth-order valence-electron chi connectivity index (χ4n) is 1.41. The van der Waals surface area contributed by atoms with Gasteiger partial charge in [0.05, 0.1) is 0 Å². The summed E-state index contributed by atoms with van der Waals surface area (Å²) in [5.41, 5.74) is 3.01. The Labute approximate surface area is 81.0 Å². The lowest BCUT2D eigenvalue weighted by Gasteiger charge is -2.04. The van der Waals surface area contributed by atoms with Gasteiger partial charge in [-0.15, -0.1) is 0 Å². The maximum atomic E-state index is 10.9. The summed E-state index contributed by atoms with van der Waals surface area (Å²) in [7, 11) is 0. The Balaban J connectivity index is 2.62. The monoisotopic (exact) mass is 189 g/mol. The topological polar surface area (TPSA) is 61.5 Å². The molecule has 4 nitrogen and oxygen atoms in total. The zero-order valence-corrected chi connectivity index (χ0v) is 8.09. The maximum Gasteiger partial charge on any atom is 0.340 e. The van der Waals surface area contributed by atoms with Crippen LogP contribution in [0.25, 0.3) is 11.4 Å². The molecule has 0 fully saturated rings. The van der Waals surface area contributed by atoms with Gasteiger partial charge in [0.15, 0.2) is 5.82 Å². The minimum atomic E-state index is -0.277. The third kappa shape index (κ3) is 1.35. The Bertz CT molecular complexity index is 510. The second-order valence-electron chi connectivity index (χ2n) is 3.27. The molecule has 0 aliphatic rings. The Morgan fingerprint density at radius 1 is 1.29 bits per heavy atom. The molecule has 0 amide bonds. The Hall–Kier alpha value is -1.84. The highest BCUT2D eigenvalue weighted by atomic mass is 16.1. The summed E-state index contributed by atoms with van der Waals surface area (Å²) in [6.45, 7) is 4.04. The van der Waals surface area contributed by atoms with Crippen LogP contribution in [0.3, 0.4) is 0 Å². The van der Waals surface area contributed by atoms with Crippen molar-refractivity contribution in [2.75, 3.05) is 0 Å². The van der Waals surface area contributed by atoms with Crippen LogP contribution in [0.4, 0.5) is 0 Å². The standard InChI is InChI=1S/C10H11N3O/c1-6-4-3-5-8(7(6)2)9-11-10(14)13-12-9/h3-5H,1-2H3,(H2,11,12,13,14). The highest BCUT2D eigenvalue weighted by molar-refractivity contribution is 5.61. The van der Waals surface area contributed by atoms with E-state index in [1.807, 2.05) is 32.0 Å². The van der Waals surface area contributed by atoms with E-state index in [1.54, 1.807) is 0 Å². The number of hydrogen-bond acceptors (Lipinski definition) is 2. The summed E-state index contributed by atoms with van der Waals surface area (Å²) >= 11 is 0. The molecule has 1 aromatic carbocycles. The van der Waals surface area contributed by atoms with Crippen molar-refractivity contribution in [3.63, 3.8) is 0 Å². The summed E-state index contributed by atoms with van der Waals surface area (Å²) in [6.07, 6.45) is 0. The number of aromatic amines is 2. The van der Waals surface area contributed by atoms with Crippen LogP contribution in [0.15, 0.2) is 23.0 Å². The fourth-order valence-corrected chi connectivity index (χ4v) is 1.41. The fraction of sp³-hybridized carbons (Fsp3) is 0.200. The Kier molecular flexibility index (Phi) is 1.96. The van der Waals surface area contributed by atoms with Crippen LogP contribution in [-0.2, 0) is 0 Å². The van der Waals surface area contributed by atoms with Gasteiger partial charge < -0.3 is 0 Å². The van der Waals surface area contributed by atoms with Crippen LogP contribution in [0, 0.1) is 13.8 Å². The van der Waals surface area contributed by atoms with Crippen molar-refractivity contribution >= 4 is 0 Å². The second kappa shape index (κ2) is 3.14. The summed E-state index contributed by atoms with van der Waals surface area (Å²) in [5, 5.41) is 6.25. The van der Waals surface area contributed by atoms with E-state index in [9.17, 15) is 4.79 Å². The number of benzene rings is 1. The van der Waals surface area contributed by atoms with E-state index < -0.39 is 0 Å². The van der Waals surface area contributed by atoms with E-state index in [0.717, 1.165) is 11.1 Å². The lowest BCUT2D eigenvalue weighted by Crippen LogP contribution is -2.00. The van der Waals surface area contributed by atoms with Crippen molar-refractivity contribution in [1.29, 1.82) is 0 Å². The molecule has 0 saturated carbocycles. The molecule has 0 aliphatic carbocycles. The van der Waals surface area contributed by atoms with Gasteiger partial charge in [-0.05, 0) is 25.0 Å². The number of nitrogens with zero attached hydrogens (tertiary/aromatic N) is 1. The molecule has 0 saturated heterocycles. The second-order valence-corrected chi connectivity index (χ2v) is 3.27. The Morgan fingerprint density at radius 3 is 2.71 bits per heavy atom. The first-order valence-corrected chi connectivity index (χ1v) is 4.40. The average Bonchev–Trinajstić information content (AvgIpc) is 2.57. The van der Waals surface area contributed by atoms with Gasteiger partial charge in [-0.1, -0.05) is 18.2 Å². The minimum absolute atomic E-state index is 0.277. The van der Waals surface area contributed by atoms with Crippen molar-refractivity contribution in [1.82, 2.24) is 15.2 Å². The van der Waals surface area contributed by atoms with Crippen molar-refractivity contribution in [2.24, 2.45) is 0 Å². The van der Waals surface area contributed by atoms with Gasteiger partial charge >= 0.3 is 5.69 Å². The minimum Gasteiger partial charge on any atom is -0.289 e. The first-order valence-electron chi connectivity index (χ1n) is 4.40. The van der Waals surface area contributed by atoms with Gasteiger partial charge in [0.2, 0.25) is 0 Å². The van der Waals surface area contributed by atoms with Gasteiger partial charge in [-0.3, -0.25) is 4.98 Å². The summed E-state index contributed by atoms with van der Waals surface area (Å²) < 4.78 is 0. The van der Waals surface area contributed by atoms with Gasteiger partial charge in [-0.25, -0.2) is 9.89 Å². The molecule has 0 bridgehead atoms. The number of rotatable bonds is 1. The van der Waals surface area contributed by atoms with E-state index in [1.165, 1.54) is 5.56 Å². The molecular formula is C10H11N3O. The SMILES string of the molecule is Cc1cccc(-c2n[nH]c(=O)[nH]2)c1C. The molecule has 4 heteroatoms. The quantitative estimate of drug-likeness (QED) is 0.712.